The molecule has 3 N–H and O–H groups in total. The maximum atomic E-state index is 13.3. The number of hydroxylamine groups is 1. The first-order valence-electron chi connectivity index (χ1n) is 3.61. The van der Waals surface area contributed by atoms with Crippen LogP contribution >= 0.6 is 15.9 Å². The van der Waals surface area contributed by atoms with E-state index in [0.29, 0.717) is 10.0 Å². The summed E-state index contributed by atoms with van der Waals surface area (Å²) in [7, 11) is 0. The summed E-state index contributed by atoms with van der Waals surface area (Å²) in [6.45, 7) is 1.46. The Hall–Kier alpha value is -0.650. The molecule has 0 aliphatic rings. The molecule has 0 saturated heterocycles. The van der Waals surface area contributed by atoms with Gasteiger partial charge in [-0.2, -0.15) is 0 Å². The van der Waals surface area contributed by atoms with E-state index >= 15 is 0 Å². The highest BCUT2D eigenvalue weighted by Gasteiger charge is 2.13. The van der Waals surface area contributed by atoms with E-state index in [1.54, 1.807) is 12.4 Å². The highest BCUT2D eigenvalue weighted by Crippen LogP contribution is 2.31. The van der Waals surface area contributed by atoms with Crippen LogP contribution < -0.4 is 5.48 Å². The summed E-state index contributed by atoms with van der Waals surface area (Å²) in [6, 6.07) is 1.48. The fraction of sp³-hybridized carbons (Fsp3) is 0.250. The Balaban J connectivity index is 3.28. The van der Waals surface area contributed by atoms with Gasteiger partial charge < -0.3 is 10.3 Å². The first-order valence-corrected chi connectivity index (χ1v) is 4.40. The summed E-state index contributed by atoms with van der Waals surface area (Å²) in [4.78, 5) is 0. The van der Waals surface area contributed by atoms with Crippen molar-refractivity contribution in [2.45, 2.75) is 13.5 Å². The van der Waals surface area contributed by atoms with Crippen molar-refractivity contribution in [1.82, 2.24) is 5.48 Å². The number of rotatable bonds is 2. The van der Waals surface area contributed by atoms with Gasteiger partial charge in [-0.25, -0.2) is 9.87 Å². The minimum atomic E-state index is -0.512. The van der Waals surface area contributed by atoms with Crippen molar-refractivity contribution in [3.05, 3.63) is 27.5 Å². The SMILES string of the molecule is Cc1cc(Br)c(O)c(CNO)c1F. The Labute approximate surface area is 83.3 Å². The number of phenols is 1. The number of aryl methyl sites for hydroxylation is 1. The monoisotopic (exact) mass is 249 g/mol. The molecule has 0 radical (unpaired) electrons. The van der Waals surface area contributed by atoms with E-state index < -0.39 is 5.82 Å². The predicted molar refractivity (Wildman–Crippen MR) is 49.1 cm³/mol. The molecular weight excluding hydrogens is 241 g/mol. The lowest BCUT2D eigenvalue weighted by Gasteiger charge is -2.08. The normalized spacial score (nSPS) is 10.5. The van der Waals surface area contributed by atoms with Crippen LogP contribution in [0.25, 0.3) is 0 Å². The molecule has 0 bridgehead atoms. The van der Waals surface area contributed by atoms with E-state index in [4.69, 9.17) is 5.21 Å². The topological polar surface area (TPSA) is 52.5 Å². The first-order chi connectivity index (χ1) is 6.07. The molecule has 0 heterocycles. The lowest BCUT2D eigenvalue weighted by molar-refractivity contribution is 0.158. The zero-order chi connectivity index (χ0) is 10.0. The van der Waals surface area contributed by atoms with Crippen molar-refractivity contribution in [3.63, 3.8) is 0 Å². The predicted octanol–water partition coefficient (Wildman–Crippen LogP) is 2.08. The van der Waals surface area contributed by atoms with Gasteiger partial charge in [0, 0.05) is 5.56 Å². The number of hydrogen-bond donors (Lipinski definition) is 3. The number of aromatic hydroxyl groups is 1. The molecule has 1 aromatic carbocycles. The van der Waals surface area contributed by atoms with Gasteiger partial charge in [0.1, 0.15) is 11.6 Å². The molecular formula is C8H9BrFNO2. The summed E-state index contributed by atoms with van der Waals surface area (Å²) in [5.74, 6) is -0.702. The van der Waals surface area contributed by atoms with Crippen LogP contribution in [0.15, 0.2) is 10.5 Å². The van der Waals surface area contributed by atoms with Crippen LogP contribution in [0.3, 0.4) is 0 Å². The fourth-order valence-corrected chi connectivity index (χ4v) is 1.63. The molecule has 72 valence electrons. The molecule has 0 saturated carbocycles. The minimum absolute atomic E-state index is 0.0503. The second kappa shape index (κ2) is 4.04. The van der Waals surface area contributed by atoms with Crippen LogP contribution in [0.5, 0.6) is 5.75 Å². The van der Waals surface area contributed by atoms with Gasteiger partial charge in [-0.15, -0.1) is 0 Å². The third-order valence-electron chi connectivity index (χ3n) is 1.72. The number of benzene rings is 1. The van der Waals surface area contributed by atoms with Crippen molar-refractivity contribution in [3.8, 4) is 5.75 Å². The van der Waals surface area contributed by atoms with Crippen molar-refractivity contribution in [2.75, 3.05) is 0 Å². The Morgan fingerprint density at radius 3 is 2.77 bits per heavy atom. The standard InChI is InChI=1S/C8H9BrFNO2/c1-4-2-6(9)8(12)5(3-11-13)7(4)10/h2,11-13H,3H2,1H3. The highest BCUT2D eigenvalue weighted by atomic mass is 79.9. The van der Waals surface area contributed by atoms with Crippen LogP contribution in [-0.2, 0) is 6.54 Å². The minimum Gasteiger partial charge on any atom is -0.506 e. The van der Waals surface area contributed by atoms with Gasteiger partial charge in [0.05, 0.1) is 11.0 Å². The Bertz CT molecular complexity index is 304. The maximum absolute atomic E-state index is 13.3. The van der Waals surface area contributed by atoms with Gasteiger partial charge in [0.25, 0.3) is 0 Å². The molecule has 1 aromatic rings. The van der Waals surface area contributed by atoms with Crippen LogP contribution in [-0.4, -0.2) is 10.3 Å². The summed E-state index contributed by atoms with van der Waals surface area (Å²) in [5, 5.41) is 17.8. The highest BCUT2D eigenvalue weighted by molar-refractivity contribution is 9.10. The summed E-state index contributed by atoms with van der Waals surface area (Å²) < 4.78 is 13.7. The molecule has 0 atom stereocenters. The Morgan fingerprint density at radius 1 is 1.62 bits per heavy atom. The van der Waals surface area contributed by atoms with Crippen molar-refractivity contribution < 1.29 is 14.7 Å². The van der Waals surface area contributed by atoms with Crippen molar-refractivity contribution in [1.29, 1.82) is 0 Å². The van der Waals surface area contributed by atoms with E-state index in [-0.39, 0.29) is 17.9 Å². The van der Waals surface area contributed by atoms with Gasteiger partial charge >= 0.3 is 0 Å². The molecule has 0 aliphatic heterocycles. The van der Waals surface area contributed by atoms with Crippen LogP contribution in [0, 0.1) is 12.7 Å². The zero-order valence-electron chi connectivity index (χ0n) is 6.93. The second-order valence-electron chi connectivity index (χ2n) is 2.65. The molecule has 0 amide bonds. The third kappa shape index (κ3) is 1.99. The number of hydrogen-bond acceptors (Lipinski definition) is 3. The molecule has 0 unspecified atom stereocenters. The molecule has 0 fully saturated rings. The first kappa shape index (κ1) is 10.4. The fourth-order valence-electron chi connectivity index (χ4n) is 1.05. The maximum Gasteiger partial charge on any atom is 0.137 e. The van der Waals surface area contributed by atoms with Gasteiger partial charge in [0.2, 0.25) is 0 Å². The van der Waals surface area contributed by atoms with Crippen molar-refractivity contribution >= 4 is 15.9 Å². The smallest absolute Gasteiger partial charge is 0.137 e. The molecule has 13 heavy (non-hydrogen) atoms. The average Bonchev–Trinajstić information content (AvgIpc) is 2.09. The van der Waals surface area contributed by atoms with Gasteiger partial charge in [-0.3, -0.25) is 0 Å². The van der Waals surface area contributed by atoms with E-state index in [1.807, 2.05) is 0 Å². The average molecular weight is 250 g/mol. The number of halogens is 2. The second-order valence-corrected chi connectivity index (χ2v) is 3.51. The lowest BCUT2D eigenvalue weighted by atomic mass is 10.1. The molecule has 5 heteroatoms. The van der Waals surface area contributed by atoms with Crippen LogP contribution in [0.1, 0.15) is 11.1 Å². The zero-order valence-corrected chi connectivity index (χ0v) is 8.52. The Kier molecular flexibility index (Phi) is 3.24. The summed E-state index contributed by atoms with van der Waals surface area (Å²) in [5.41, 5.74) is 2.26. The van der Waals surface area contributed by atoms with Crippen molar-refractivity contribution in [2.24, 2.45) is 0 Å². The van der Waals surface area contributed by atoms with Crippen LogP contribution in [0.2, 0.25) is 0 Å². The van der Waals surface area contributed by atoms with E-state index in [1.165, 1.54) is 6.07 Å². The molecule has 0 aliphatic carbocycles. The number of nitrogens with one attached hydrogen (secondary N) is 1. The van der Waals surface area contributed by atoms with Crippen LogP contribution in [0.4, 0.5) is 4.39 Å². The van der Waals surface area contributed by atoms with E-state index in [9.17, 15) is 9.50 Å². The van der Waals surface area contributed by atoms with Gasteiger partial charge in [-0.05, 0) is 34.5 Å². The van der Waals surface area contributed by atoms with E-state index in [2.05, 4.69) is 15.9 Å². The lowest BCUT2D eigenvalue weighted by Crippen LogP contribution is -2.09. The quantitative estimate of drug-likeness (QED) is 0.704. The molecule has 0 spiro atoms. The van der Waals surface area contributed by atoms with Gasteiger partial charge in [0.15, 0.2) is 0 Å². The molecule has 3 nitrogen and oxygen atoms in total. The summed E-state index contributed by atoms with van der Waals surface area (Å²) >= 11 is 3.07. The molecule has 0 aromatic heterocycles. The summed E-state index contributed by atoms with van der Waals surface area (Å²) in [6.07, 6.45) is 0. The van der Waals surface area contributed by atoms with E-state index in [0.717, 1.165) is 0 Å². The Morgan fingerprint density at radius 2 is 2.23 bits per heavy atom. The number of phenolic OH excluding ortho intramolecular Hbond substituents is 1. The van der Waals surface area contributed by atoms with Gasteiger partial charge in [-0.1, -0.05) is 0 Å². The largest absolute Gasteiger partial charge is 0.506 e. The molecule has 1 rings (SSSR count). The third-order valence-corrected chi connectivity index (χ3v) is 2.33.